The Balaban J connectivity index is 1.23. The van der Waals surface area contributed by atoms with Crippen molar-refractivity contribution in [1.29, 1.82) is 0 Å². The van der Waals surface area contributed by atoms with Gasteiger partial charge in [-0.3, -0.25) is 4.79 Å². The maximum atomic E-state index is 13.2. The van der Waals surface area contributed by atoms with Crippen LogP contribution in [0.1, 0.15) is 92.9 Å². The van der Waals surface area contributed by atoms with Gasteiger partial charge in [-0.15, -0.1) is 0 Å². The number of hydrogen-bond donors (Lipinski definition) is 0. The zero-order valence-electron chi connectivity index (χ0n) is 27.7. The normalized spacial score (nSPS) is 29.5. The van der Waals surface area contributed by atoms with E-state index < -0.39 is 0 Å². The van der Waals surface area contributed by atoms with Crippen LogP contribution in [0, 0.1) is 40.9 Å². The standard InChI is InChI=1S/C39H52O5/c1-24(2)31-16-10-28(6)39(7,23-43-30-13-11-29-12-18-38(41)44-36(29)21-30)35(31)17-19-37(40)42-22-27(5)33-15-9-26(4)32-14-8-25(3)20-34(32)33/h9,11-13,18,21,27-28,32-35H,3,8,10,14-17,19-20,22-23H2,1-2,4-7H3/t27-,28+,32-,33?,34+,35+,39+/m1/s1. The zero-order valence-corrected chi connectivity index (χ0v) is 27.7. The molecule has 1 aromatic heterocycles. The summed E-state index contributed by atoms with van der Waals surface area (Å²) in [4.78, 5) is 25.0. The number of rotatable bonds is 9. The number of ether oxygens (including phenoxy) is 2. The summed E-state index contributed by atoms with van der Waals surface area (Å²) in [5, 5.41) is 0.866. The summed E-state index contributed by atoms with van der Waals surface area (Å²) in [5.41, 5.74) is 5.71. The molecule has 44 heavy (non-hydrogen) atoms. The van der Waals surface area contributed by atoms with E-state index in [4.69, 9.17) is 13.9 Å². The second kappa shape index (κ2) is 13.5. The molecular formula is C39H52O5. The maximum Gasteiger partial charge on any atom is 0.336 e. The third-order valence-corrected chi connectivity index (χ3v) is 11.5. The van der Waals surface area contributed by atoms with Crippen molar-refractivity contribution >= 4 is 16.9 Å². The van der Waals surface area contributed by atoms with Crippen molar-refractivity contribution in [3.63, 3.8) is 0 Å². The van der Waals surface area contributed by atoms with Gasteiger partial charge in [0.05, 0.1) is 13.2 Å². The number of carbonyl (C=O) groups is 1. The molecule has 5 nitrogen and oxygen atoms in total. The molecule has 0 N–H and O–H groups in total. The van der Waals surface area contributed by atoms with Crippen molar-refractivity contribution in [2.24, 2.45) is 40.9 Å². The Morgan fingerprint density at radius 3 is 2.70 bits per heavy atom. The summed E-state index contributed by atoms with van der Waals surface area (Å²) in [6.07, 6.45) is 10.3. The van der Waals surface area contributed by atoms with Crippen LogP contribution < -0.4 is 10.4 Å². The molecule has 5 heteroatoms. The minimum absolute atomic E-state index is 0.0943. The van der Waals surface area contributed by atoms with E-state index in [9.17, 15) is 9.59 Å². The summed E-state index contributed by atoms with van der Waals surface area (Å²) >= 11 is 0. The molecule has 0 amide bonds. The Kier molecular flexibility index (Phi) is 9.92. The highest BCUT2D eigenvalue weighted by atomic mass is 16.5. The summed E-state index contributed by atoms with van der Waals surface area (Å²) < 4.78 is 17.8. The molecule has 0 bridgehead atoms. The van der Waals surface area contributed by atoms with Crippen LogP contribution in [0.3, 0.4) is 0 Å². The fourth-order valence-electron chi connectivity index (χ4n) is 8.48. The van der Waals surface area contributed by atoms with E-state index in [1.54, 1.807) is 17.7 Å². The van der Waals surface area contributed by atoms with Gasteiger partial charge in [-0.25, -0.2) is 4.79 Å². The fraction of sp³-hybridized carbons (Fsp3) is 0.590. The predicted molar refractivity (Wildman–Crippen MR) is 178 cm³/mol. The highest BCUT2D eigenvalue weighted by molar-refractivity contribution is 5.77. The molecule has 7 atom stereocenters. The molecule has 0 aliphatic heterocycles. The lowest BCUT2D eigenvalue weighted by molar-refractivity contribution is -0.146. The number of fused-ring (bicyclic) bond motifs is 2. The lowest BCUT2D eigenvalue weighted by atomic mass is 9.58. The van der Waals surface area contributed by atoms with Crippen LogP contribution in [-0.4, -0.2) is 19.2 Å². The van der Waals surface area contributed by atoms with E-state index in [0.717, 1.165) is 43.9 Å². The molecule has 1 aromatic carbocycles. The molecule has 0 saturated heterocycles. The second-order valence-corrected chi connectivity index (χ2v) is 14.6. The van der Waals surface area contributed by atoms with E-state index in [-0.39, 0.29) is 22.9 Å². The average molecular weight is 601 g/mol. The average Bonchev–Trinajstić information content (AvgIpc) is 2.99. The molecule has 1 heterocycles. The van der Waals surface area contributed by atoms with Gasteiger partial charge in [-0.2, -0.15) is 0 Å². The van der Waals surface area contributed by atoms with Crippen molar-refractivity contribution < 1.29 is 18.7 Å². The first-order valence-corrected chi connectivity index (χ1v) is 16.8. The summed E-state index contributed by atoms with van der Waals surface area (Å²) in [6.45, 7) is 18.9. The lowest BCUT2D eigenvalue weighted by Gasteiger charge is -2.48. The van der Waals surface area contributed by atoms with E-state index >= 15 is 0 Å². The molecule has 3 aliphatic carbocycles. The van der Waals surface area contributed by atoms with Crippen LogP contribution in [0.15, 0.2) is 74.5 Å². The highest BCUT2D eigenvalue weighted by Crippen LogP contribution is 2.51. The summed E-state index contributed by atoms with van der Waals surface area (Å²) in [6, 6.07) is 8.86. The number of carbonyl (C=O) groups excluding carboxylic acids is 1. The van der Waals surface area contributed by atoms with Crippen molar-refractivity contribution in [2.45, 2.75) is 92.9 Å². The Labute approximate surface area is 263 Å². The molecule has 3 aliphatic rings. The summed E-state index contributed by atoms with van der Waals surface area (Å²) in [5.74, 6) is 3.38. The van der Waals surface area contributed by atoms with Crippen molar-refractivity contribution in [3.8, 4) is 5.75 Å². The maximum absolute atomic E-state index is 13.2. The zero-order chi connectivity index (χ0) is 31.6. The van der Waals surface area contributed by atoms with E-state index in [0.29, 0.717) is 60.6 Å². The van der Waals surface area contributed by atoms with Crippen LogP contribution in [0.25, 0.3) is 11.0 Å². The first kappa shape index (κ1) is 32.3. The van der Waals surface area contributed by atoms with Crippen LogP contribution in [0.4, 0.5) is 0 Å². The lowest BCUT2D eigenvalue weighted by Crippen LogP contribution is -2.44. The van der Waals surface area contributed by atoms with Gasteiger partial charge in [0.1, 0.15) is 11.3 Å². The second-order valence-electron chi connectivity index (χ2n) is 14.6. The smallest absolute Gasteiger partial charge is 0.336 e. The van der Waals surface area contributed by atoms with Crippen molar-refractivity contribution in [1.82, 2.24) is 0 Å². The van der Waals surface area contributed by atoms with E-state index in [1.807, 2.05) is 12.1 Å². The molecule has 2 aromatic rings. The SMILES string of the molecule is C=C1CC[C@@H]2C(C)=CCC([C@H](C)COC(=O)CC[C@H]3C(=C(C)C)CC[C@H](C)[C@]3(C)COc3ccc4ccc(=O)oc4c3)[C@H]2C1. The number of allylic oxidation sites excluding steroid dienone is 5. The van der Waals surface area contributed by atoms with Crippen LogP contribution in [0.2, 0.25) is 0 Å². The monoisotopic (exact) mass is 600 g/mol. The topological polar surface area (TPSA) is 65.7 Å². The Bertz CT molecular complexity index is 1490. The minimum Gasteiger partial charge on any atom is -0.493 e. The summed E-state index contributed by atoms with van der Waals surface area (Å²) in [7, 11) is 0. The molecule has 0 radical (unpaired) electrons. The van der Waals surface area contributed by atoms with Crippen LogP contribution in [0.5, 0.6) is 5.75 Å². The molecule has 2 saturated carbocycles. The number of hydrogen-bond acceptors (Lipinski definition) is 5. The first-order valence-electron chi connectivity index (χ1n) is 16.8. The van der Waals surface area contributed by atoms with Gasteiger partial charge >= 0.3 is 11.6 Å². The van der Waals surface area contributed by atoms with Crippen LogP contribution >= 0.6 is 0 Å². The molecule has 1 unspecified atom stereocenters. The highest BCUT2D eigenvalue weighted by Gasteiger charge is 2.45. The number of esters is 1. The third-order valence-electron chi connectivity index (χ3n) is 11.5. The van der Waals surface area contributed by atoms with Gasteiger partial charge in [0.25, 0.3) is 0 Å². The van der Waals surface area contributed by atoms with Gasteiger partial charge in [-0.1, -0.05) is 55.7 Å². The molecule has 5 rings (SSSR count). The van der Waals surface area contributed by atoms with Gasteiger partial charge < -0.3 is 13.9 Å². The van der Waals surface area contributed by atoms with E-state index in [2.05, 4.69) is 54.2 Å². The fourth-order valence-corrected chi connectivity index (χ4v) is 8.48. The third kappa shape index (κ3) is 6.92. The predicted octanol–water partition coefficient (Wildman–Crippen LogP) is 9.46. The molecule has 0 spiro atoms. The van der Waals surface area contributed by atoms with Crippen molar-refractivity contribution in [2.75, 3.05) is 13.2 Å². The quantitative estimate of drug-likeness (QED) is 0.163. The number of benzene rings is 1. The van der Waals surface area contributed by atoms with E-state index in [1.165, 1.54) is 29.2 Å². The Morgan fingerprint density at radius 2 is 1.93 bits per heavy atom. The molecular weight excluding hydrogens is 548 g/mol. The van der Waals surface area contributed by atoms with Gasteiger partial charge in [0.15, 0.2) is 0 Å². The first-order chi connectivity index (χ1) is 21.0. The van der Waals surface area contributed by atoms with Gasteiger partial charge in [-0.05, 0) is 119 Å². The van der Waals surface area contributed by atoms with Crippen LogP contribution in [-0.2, 0) is 9.53 Å². The van der Waals surface area contributed by atoms with Gasteiger partial charge in [0, 0.05) is 29.4 Å². The minimum atomic E-state index is -0.369. The van der Waals surface area contributed by atoms with Crippen molar-refractivity contribution in [3.05, 3.63) is 75.7 Å². The Hall–Kier alpha value is -3.08. The molecule has 2 fully saturated rings. The molecule has 238 valence electrons. The van der Waals surface area contributed by atoms with Gasteiger partial charge in [0.2, 0.25) is 0 Å². The largest absolute Gasteiger partial charge is 0.493 e. The Morgan fingerprint density at radius 1 is 1.16 bits per heavy atom.